The standard InChI is InChI=1S/C16H15BrN2O2/c1-8-3-4-10(9(2)5-8)15(20)11-6-13-14(7-12(11)17)19-16(21)18-13/h3-7,15,20H,1-2H3,(H2,18,19,21). The number of hydrogen-bond acceptors (Lipinski definition) is 2. The highest BCUT2D eigenvalue weighted by atomic mass is 79.9. The minimum absolute atomic E-state index is 0.255. The maximum atomic E-state index is 11.4. The monoisotopic (exact) mass is 346 g/mol. The summed E-state index contributed by atoms with van der Waals surface area (Å²) < 4.78 is 0.762. The average molecular weight is 347 g/mol. The molecule has 0 spiro atoms. The van der Waals surface area contributed by atoms with Gasteiger partial charge in [-0.3, -0.25) is 0 Å². The Balaban J connectivity index is 2.14. The normalized spacial score (nSPS) is 12.8. The van der Waals surface area contributed by atoms with Crippen LogP contribution in [0.2, 0.25) is 0 Å². The number of imidazole rings is 1. The Morgan fingerprint density at radius 2 is 1.71 bits per heavy atom. The molecule has 0 aliphatic heterocycles. The highest BCUT2D eigenvalue weighted by Gasteiger charge is 2.17. The van der Waals surface area contributed by atoms with Crippen LogP contribution in [-0.2, 0) is 0 Å². The zero-order chi connectivity index (χ0) is 15.1. The molecule has 0 aliphatic carbocycles. The summed E-state index contributed by atoms with van der Waals surface area (Å²) in [5.74, 6) is 0. The van der Waals surface area contributed by atoms with Crippen molar-refractivity contribution in [2.75, 3.05) is 0 Å². The van der Waals surface area contributed by atoms with Gasteiger partial charge in [-0.05, 0) is 37.1 Å². The lowest BCUT2D eigenvalue weighted by atomic mass is 9.96. The molecule has 3 N–H and O–H groups in total. The largest absolute Gasteiger partial charge is 0.384 e. The number of H-pyrrole nitrogens is 2. The lowest BCUT2D eigenvalue weighted by molar-refractivity contribution is 0.219. The van der Waals surface area contributed by atoms with E-state index in [0.717, 1.165) is 26.7 Å². The van der Waals surface area contributed by atoms with E-state index in [4.69, 9.17) is 0 Å². The molecule has 1 atom stereocenters. The van der Waals surface area contributed by atoms with E-state index in [9.17, 15) is 9.90 Å². The Morgan fingerprint density at radius 1 is 1.05 bits per heavy atom. The second-order valence-corrected chi connectivity index (χ2v) is 6.12. The van der Waals surface area contributed by atoms with Crippen molar-refractivity contribution in [3.63, 3.8) is 0 Å². The molecule has 1 unspecified atom stereocenters. The first-order valence-corrected chi connectivity index (χ1v) is 7.41. The third-order valence-corrected chi connectivity index (χ3v) is 4.33. The van der Waals surface area contributed by atoms with Gasteiger partial charge in [-0.1, -0.05) is 39.7 Å². The minimum Gasteiger partial charge on any atom is -0.384 e. The Kier molecular flexibility index (Phi) is 3.47. The summed E-state index contributed by atoms with van der Waals surface area (Å²) in [5, 5.41) is 10.7. The number of aryl methyl sites for hydroxylation is 2. The molecule has 0 amide bonds. The number of aliphatic hydroxyl groups is 1. The summed E-state index contributed by atoms with van der Waals surface area (Å²) >= 11 is 3.47. The number of benzene rings is 2. The third-order valence-electron chi connectivity index (χ3n) is 3.65. The molecule has 0 bridgehead atoms. The fraction of sp³-hybridized carbons (Fsp3) is 0.188. The van der Waals surface area contributed by atoms with Gasteiger partial charge in [0.2, 0.25) is 0 Å². The second-order valence-electron chi connectivity index (χ2n) is 5.26. The first-order chi connectivity index (χ1) is 9.95. The van der Waals surface area contributed by atoms with Crippen molar-refractivity contribution in [1.82, 2.24) is 9.97 Å². The van der Waals surface area contributed by atoms with E-state index in [0.29, 0.717) is 11.0 Å². The average Bonchev–Trinajstić information content (AvgIpc) is 2.76. The second kappa shape index (κ2) is 5.16. The van der Waals surface area contributed by atoms with Gasteiger partial charge < -0.3 is 15.1 Å². The van der Waals surface area contributed by atoms with Crippen LogP contribution in [-0.4, -0.2) is 15.1 Å². The predicted octanol–water partition coefficient (Wildman–Crippen LogP) is 3.32. The first-order valence-electron chi connectivity index (χ1n) is 6.62. The van der Waals surface area contributed by atoms with E-state index in [1.165, 1.54) is 0 Å². The minimum atomic E-state index is -0.747. The molecular weight excluding hydrogens is 332 g/mol. The lowest BCUT2D eigenvalue weighted by Crippen LogP contribution is -2.03. The summed E-state index contributed by atoms with van der Waals surface area (Å²) in [6, 6.07) is 9.56. The van der Waals surface area contributed by atoms with Crippen molar-refractivity contribution < 1.29 is 5.11 Å². The SMILES string of the molecule is Cc1ccc(C(O)c2cc3[nH]c(=O)[nH]c3cc2Br)c(C)c1. The van der Waals surface area contributed by atoms with Gasteiger partial charge in [0.25, 0.3) is 0 Å². The maximum absolute atomic E-state index is 11.4. The van der Waals surface area contributed by atoms with E-state index in [1.54, 1.807) is 12.1 Å². The number of nitrogens with one attached hydrogen (secondary N) is 2. The van der Waals surface area contributed by atoms with Crippen LogP contribution in [0, 0.1) is 13.8 Å². The summed E-state index contributed by atoms with van der Waals surface area (Å²) in [6.45, 7) is 4.01. The van der Waals surface area contributed by atoms with Crippen molar-refractivity contribution in [2.24, 2.45) is 0 Å². The molecular formula is C16H15BrN2O2. The van der Waals surface area contributed by atoms with Gasteiger partial charge >= 0.3 is 5.69 Å². The molecule has 2 aromatic carbocycles. The van der Waals surface area contributed by atoms with Gasteiger partial charge in [0, 0.05) is 10.0 Å². The van der Waals surface area contributed by atoms with E-state index in [2.05, 4.69) is 25.9 Å². The van der Waals surface area contributed by atoms with Gasteiger partial charge in [0.15, 0.2) is 0 Å². The maximum Gasteiger partial charge on any atom is 0.323 e. The van der Waals surface area contributed by atoms with E-state index in [-0.39, 0.29) is 5.69 Å². The van der Waals surface area contributed by atoms with Crippen LogP contribution < -0.4 is 5.69 Å². The van der Waals surface area contributed by atoms with Crippen LogP contribution in [0.5, 0.6) is 0 Å². The van der Waals surface area contributed by atoms with Gasteiger partial charge in [-0.2, -0.15) is 0 Å². The Morgan fingerprint density at radius 3 is 2.38 bits per heavy atom. The van der Waals surface area contributed by atoms with Crippen LogP contribution >= 0.6 is 15.9 Å². The van der Waals surface area contributed by atoms with Crippen molar-refractivity contribution in [3.05, 3.63) is 67.5 Å². The van der Waals surface area contributed by atoms with Crippen LogP contribution in [0.15, 0.2) is 39.6 Å². The molecule has 0 saturated heterocycles. The first kappa shape index (κ1) is 14.1. The number of hydrogen-bond donors (Lipinski definition) is 3. The van der Waals surface area contributed by atoms with Crippen molar-refractivity contribution >= 4 is 27.0 Å². The molecule has 0 saturated carbocycles. The van der Waals surface area contributed by atoms with Gasteiger partial charge in [0.1, 0.15) is 6.10 Å². The summed E-state index contributed by atoms with van der Waals surface area (Å²) in [7, 11) is 0. The van der Waals surface area contributed by atoms with E-state index < -0.39 is 6.10 Å². The summed E-state index contributed by atoms with van der Waals surface area (Å²) in [5.41, 5.74) is 4.92. The fourth-order valence-electron chi connectivity index (χ4n) is 2.58. The van der Waals surface area contributed by atoms with Crippen LogP contribution in [0.3, 0.4) is 0 Å². The van der Waals surface area contributed by atoms with Gasteiger partial charge in [-0.25, -0.2) is 4.79 Å². The molecule has 1 heterocycles. The lowest BCUT2D eigenvalue weighted by Gasteiger charge is -2.16. The quantitative estimate of drug-likeness (QED) is 0.666. The van der Waals surface area contributed by atoms with Gasteiger partial charge in [-0.15, -0.1) is 0 Å². The summed E-state index contributed by atoms with van der Waals surface area (Å²) in [4.78, 5) is 16.8. The molecule has 108 valence electrons. The Hall–Kier alpha value is -1.85. The predicted molar refractivity (Wildman–Crippen MR) is 86.6 cm³/mol. The van der Waals surface area contributed by atoms with Crippen LogP contribution in [0.25, 0.3) is 11.0 Å². The molecule has 0 fully saturated rings. The molecule has 3 rings (SSSR count). The van der Waals surface area contributed by atoms with Crippen molar-refractivity contribution in [2.45, 2.75) is 20.0 Å². The molecule has 1 aromatic heterocycles. The zero-order valence-electron chi connectivity index (χ0n) is 11.7. The number of fused-ring (bicyclic) bond motifs is 1. The van der Waals surface area contributed by atoms with Crippen molar-refractivity contribution in [3.8, 4) is 0 Å². The van der Waals surface area contributed by atoms with Crippen LogP contribution in [0.1, 0.15) is 28.4 Å². The number of rotatable bonds is 2. The summed E-state index contributed by atoms with van der Waals surface area (Å²) in [6.07, 6.45) is -0.747. The Labute approximate surface area is 130 Å². The fourth-order valence-corrected chi connectivity index (χ4v) is 3.14. The molecule has 0 aliphatic rings. The van der Waals surface area contributed by atoms with Gasteiger partial charge in [0.05, 0.1) is 11.0 Å². The molecule has 4 nitrogen and oxygen atoms in total. The van der Waals surface area contributed by atoms with E-state index >= 15 is 0 Å². The number of aromatic nitrogens is 2. The molecule has 21 heavy (non-hydrogen) atoms. The highest BCUT2D eigenvalue weighted by Crippen LogP contribution is 2.32. The van der Waals surface area contributed by atoms with E-state index in [1.807, 2.05) is 32.0 Å². The third kappa shape index (κ3) is 2.54. The molecule has 3 aromatic rings. The number of aromatic amines is 2. The highest BCUT2D eigenvalue weighted by molar-refractivity contribution is 9.10. The topological polar surface area (TPSA) is 68.9 Å². The molecule has 0 radical (unpaired) electrons. The number of halogens is 1. The van der Waals surface area contributed by atoms with Crippen molar-refractivity contribution in [1.29, 1.82) is 0 Å². The zero-order valence-corrected chi connectivity index (χ0v) is 13.3. The number of aliphatic hydroxyl groups excluding tert-OH is 1. The smallest absolute Gasteiger partial charge is 0.323 e. The Bertz CT molecular complexity index is 880. The molecule has 5 heteroatoms. The van der Waals surface area contributed by atoms with Crippen LogP contribution in [0.4, 0.5) is 0 Å².